The van der Waals surface area contributed by atoms with Gasteiger partial charge in [-0.15, -0.1) is 0 Å². The van der Waals surface area contributed by atoms with Gasteiger partial charge in [-0.3, -0.25) is 0 Å². The summed E-state index contributed by atoms with van der Waals surface area (Å²) < 4.78 is 6.88. The molecule has 0 aromatic heterocycles. The summed E-state index contributed by atoms with van der Waals surface area (Å²) in [6, 6.07) is 6.88. The number of hydrogen-bond acceptors (Lipinski definition) is 2. The van der Waals surface area contributed by atoms with Crippen LogP contribution in [0.4, 0.5) is 5.69 Å². The molecule has 3 heteroatoms. The second-order valence-electron chi connectivity index (χ2n) is 4.70. The first kappa shape index (κ1) is 12.9. The van der Waals surface area contributed by atoms with Crippen LogP contribution in [0.15, 0.2) is 22.7 Å². The standard InChI is InChI=1S/C14H20BrNO/c1-3-12-9-11(7-8-17-12)16-13-6-4-5-10(2)14(13)15/h4-6,11-12,16H,3,7-9H2,1-2H3. The summed E-state index contributed by atoms with van der Waals surface area (Å²) in [6.07, 6.45) is 3.73. The van der Waals surface area contributed by atoms with Crippen molar-refractivity contribution in [2.75, 3.05) is 11.9 Å². The number of ether oxygens (including phenoxy) is 1. The van der Waals surface area contributed by atoms with Crippen LogP contribution in [0.5, 0.6) is 0 Å². The third kappa shape index (κ3) is 3.23. The van der Waals surface area contributed by atoms with Crippen LogP contribution in [0.1, 0.15) is 31.7 Å². The fourth-order valence-electron chi connectivity index (χ4n) is 2.27. The summed E-state index contributed by atoms with van der Waals surface area (Å²) in [5, 5.41) is 3.63. The maximum Gasteiger partial charge on any atom is 0.0592 e. The Morgan fingerprint density at radius 2 is 2.29 bits per heavy atom. The normalized spacial score (nSPS) is 24.6. The molecule has 1 aliphatic heterocycles. The van der Waals surface area contributed by atoms with Crippen molar-refractivity contribution in [2.45, 2.75) is 45.3 Å². The fraction of sp³-hybridized carbons (Fsp3) is 0.571. The number of aryl methyl sites for hydroxylation is 1. The second kappa shape index (κ2) is 5.87. The first-order chi connectivity index (χ1) is 8.20. The van der Waals surface area contributed by atoms with Gasteiger partial charge in [-0.25, -0.2) is 0 Å². The largest absolute Gasteiger partial charge is 0.381 e. The molecule has 2 unspecified atom stereocenters. The van der Waals surface area contributed by atoms with E-state index in [1.165, 1.54) is 15.7 Å². The van der Waals surface area contributed by atoms with E-state index >= 15 is 0 Å². The molecule has 1 aromatic rings. The van der Waals surface area contributed by atoms with Crippen molar-refractivity contribution in [1.29, 1.82) is 0 Å². The quantitative estimate of drug-likeness (QED) is 0.906. The summed E-state index contributed by atoms with van der Waals surface area (Å²) >= 11 is 3.65. The number of rotatable bonds is 3. The molecule has 2 rings (SSSR count). The zero-order chi connectivity index (χ0) is 12.3. The van der Waals surface area contributed by atoms with Crippen LogP contribution in [-0.4, -0.2) is 18.8 Å². The van der Waals surface area contributed by atoms with E-state index in [1.54, 1.807) is 0 Å². The van der Waals surface area contributed by atoms with Gasteiger partial charge in [-0.1, -0.05) is 19.1 Å². The minimum Gasteiger partial charge on any atom is -0.381 e. The highest BCUT2D eigenvalue weighted by Gasteiger charge is 2.21. The average Bonchev–Trinajstić information content (AvgIpc) is 2.35. The Morgan fingerprint density at radius 1 is 1.47 bits per heavy atom. The van der Waals surface area contributed by atoms with Gasteiger partial charge >= 0.3 is 0 Å². The van der Waals surface area contributed by atoms with Gasteiger partial charge in [0, 0.05) is 22.8 Å². The van der Waals surface area contributed by atoms with Crippen molar-refractivity contribution in [3.05, 3.63) is 28.2 Å². The first-order valence-corrected chi connectivity index (χ1v) is 7.13. The molecule has 0 bridgehead atoms. The molecule has 0 radical (unpaired) electrons. The lowest BCUT2D eigenvalue weighted by Gasteiger charge is -2.30. The minimum atomic E-state index is 0.421. The number of nitrogens with one attached hydrogen (secondary N) is 1. The van der Waals surface area contributed by atoms with E-state index < -0.39 is 0 Å². The van der Waals surface area contributed by atoms with Gasteiger partial charge in [0.1, 0.15) is 0 Å². The second-order valence-corrected chi connectivity index (χ2v) is 5.50. The van der Waals surface area contributed by atoms with Crippen molar-refractivity contribution in [1.82, 2.24) is 0 Å². The predicted molar refractivity (Wildman–Crippen MR) is 75.6 cm³/mol. The topological polar surface area (TPSA) is 21.3 Å². The SMILES string of the molecule is CCC1CC(Nc2cccc(C)c2Br)CCO1. The van der Waals surface area contributed by atoms with E-state index in [1.807, 2.05) is 0 Å². The molecule has 0 saturated carbocycles. The molecule has 94 valence electrons. The molecular formula is C14H20BrNO. The van der Waals surface area contributed by atoms with Crippen LogP contribution in [0.3, 0.4) is 0 Å². The van der Waals surface area contributed by atoms with Crippen molar-refractivity contribution < 1.29 is 4.74 Å². The fourth-order valence-corrected chi connectivity index (χ4v) is 2.65. The summed E-state index contributed by atoms with van der Waals surface area (Å²) in [6.45, 7) is 5.18. The summed E-state index contributed by atoms with van der Waals surface area (Å²) in [7, 11) is 0. The minimum absolute atomic E-state index is 0.421. The molecule has 1 fully saturated rings. The van der Waals surface area contributed by atoms with Gasteiger partial charge < -0.3 is 10.1 Å². The van der Waals surface area contributed by atoms with Crippen molar-refractivity contribution in [3.63, 3.8) is 0 Å². The maximum absolute atomic E-state index is 5.70. The Morgan fingerprint density at radius 3 is 3.06 bits per heavy atom. The lowest BCUT2D eigenvalue weighted by atomic mass is 10.0. The summed E-state index contributed by atoms with van der Waals surface area (Å²) in [5.74, 6) is 0. The van der Waals surface area contributed by atoms with Gasteiger partial charge in [0.2, 0.25) is 0 Å². The van der Waals surface area contributed by atoms with Crippen molar-refractivity contribution in [2.24, 2.45) is 0 Å². The van der Waals surface area contributed by atoms with Gasteiger partial charge in [0.15, 0.2) is 0 Å². The summed E-state index contributed by atoms with van der Waals surface area (Å²) in [5.41, 5.74) is 2.47. The van der Waals surface area contributed by atoms with Crippen LogP contribution < -0.4 is 5.32 Å². The third-order valence-electron chi connectivity index (χ3n) is 3.37. The van der Waals surface area contributed by atoms with Crippen molar-refractivity contribution >= 4 is 21.6 Å². The zero-order valence-electron chi connectivity index (χ0n) is 10.5. The Kier molecular flexibility index (Phi) is 4.46. The molecule has 0 aliphatic carbocycles. The van der Waals surface area contributed by atoms with E-state index in [-0.39, 0.29) is 0 Å². The highest BCUT2D eigenvalue weighted by molar-refractivity contribution is 9.10. The average molecular weight is 298 g/mol. The molecule has 1 saturated heterocycles. The molecule has 1 heterocycles. The Balaban J connectivity index is 2.02. The predicted octanol–water partition coefficient (Wildman–Crippen LogP) is 4.13. The number of hydrogen-bond donors (Lipinski definition) is 1. The summed E-state index contributed by atoms with van der Waals surface area (Å²) in [4.78, 5) is 0. The van der Waals surface area contributed by atoms with Gasteiger partial charge in [0.05, 0.1) is 6.10 Å². The van der Waals surface area contributed by atoms with Crippen LogP contribution in [-0.2, 0) is 4.74 Å². The Hall–Kier alpha value is -0.540. The molecule has 1 aliphatic rings. The Bertz CT molecular complexity index is 380. The number of halogens is 1. The van der Waals surface area contributed by atoms with Crippen LogP contribution in [0, 0.1) is 6.92 Å². The molecular weight excluding hydrogens is 278 g/mol. The Labute approximate surface area is 112 Å². The number of anilines is 1. The number of benzene rings is 1. The lowest BCUT2D eigenvalue weighted by Crippen LogP contribution is -2.33. The van der Waals surface area contributed by atoms with Gasteiger partial charge in [-0.05, 0) is 53.7 Å². The van der Waals surface area contributed by atoms with E-state index in [4.69, 9.17) is 4.74 Å². The van der Waals surface area contributed by atoms with Crippen LogP contribution in [0.2, 0.25) is 0 Å². The molecule has 2 nitrogen and oxygen atoms in total. The van der Waals surface area contributed by atoms with E-state index in [2.05, 4.69) is 53.3 Å². The third-order valence-corrected chi connectivity index (χ3v) is 4.43. The smallest absolute Gasteiger partial charge is 0.0592 e. The van der Waals surface area contributed by atoms with E-state index in [9.17, 15) is 0 Å². The first-order valence-electron chi connectivity index (χ1n) is 6.34. The van der Waals surface area contributed by atoms with Gasteiger partial charge in [-0.2, -0.15) is 0 Å². The van der Waals surface area contributed by atoms with Gasteiger partial charge in [0.25, 0.3) is 0 Å². The maximum atomic E-state index is 5.70. The van der Waals surface area contributed by atoms with E-state index in [0.717, 1.165) is 25.9 Å². The molecule has 17 heavy (non-hydrogen) atoms. The molecule has 0 amide bonds. The lowest BCUT2D eigenvalue weighted by molar-refractivity contribution is 0.00925. The zero-order valence-corrected chi connectivity index (χ0v) is 12.1. The molecule has 2 atom stereocenters. The van der Waals surface area contributed by atoms with Crippen LogP contribution in [0.25, 0.3) is 0 Å². The molecule has 1 aromatic carbocycles. The highest BCUT2D eigenvalue weighted by Crippen LogP contribution is 2.28. The van der Waals surface area contributed by atoms with Crippen molar-refractivity contribution in [3.8, 4) is 0 Å². The molecule has 1 N–H and O–H groups in total. The van der Waals surface area contributed by atoms with E-state index in [0.29, 0.717) is 12.1 Å². The monoisotopic (exact) mass is 297 g/mol. The molecule has 0 spiro atoms. The van der Waals surface area contributed by atoms with Crippen LogP contribution >= 0.6 is 15.9 Å². The highest BCUT2D eigenvalue weighted by atomic mass is 79.9.